The minimum absolute atomic E-state index is 0.00133. The van der Waals surface area contributed by atoms with Crippen molar-refractivity contribution in [2.75, 3.05) is 0 Å². The molecule has 0 aliphatic carbocycles. The molecule has 1 unspecified atom stereocenters. The Morgan fingerprint density at radius 2 is 1.79 bits per heavy atom. The number of nitrogens with zero attached hydrogens (tertiary/aromatic N) is 1. The Hall–Kier alpha value is -3.08. The molecule has 1 atom stereocenters. The van der Waals surface area contributed by atoms with Crippen LogP contribution in [-0.2, 0) is 11.3 Å². The Balaban J connectivity index is 1.84. The topological polar surface area (TPSA) is 69.6 Å². The van der Waals surface area contributed by atoms with E-state index in [1.807, 2.05) is 50.2 Å². The van der Waals surface area contributed by atoms with Crippen molar-refractivity contribution in [1.29, 1.82) is 0 Å². The summed E-state index contributed by atoms with van der Waals surface area (Å²) in [5.74, 6) is -0.913. The molecule has 29 heavy (non-hydrogen) atoms. The summed E-state index contributed by atoms with van der Waals surface area (Å²) in [4.78, 5) is 26.0. The highest BCUT2D eigenvalue weighted by molar-refractivity contribution is 5.96. The number of hydrogen-bond donors (Lipinski definition) is 2. The van der Waals surface area contributed by atoms with Crippen molar-refractivity contribution < 1.29 is 14.7 Å². The quantitative estimate of drug-likeness (QED) is 0.710. The van der Waals surface area contributed by atoms with Gasteiger partial charge >= 0.3 is 5.97 Å². The predicted octanol–water partition coefficient (Wildman–Crippen LogP) is 4.79. The van der Waals surface area contributed by atoms with Gasteiger partial charge in [-0.15, -0.1) is 0 Å². The normalized spacial score (nSPS) is 16.7. The molecular weight excluding hydrogens is 364 g/mol. The highest BCUT2D eigenvalue weighted by Gasteiger charge is 2.28. The van der Waals surface area contributed by atoms with Gasteiger partial charge in [-0.3, -0.25) is 4.79 Å². The molecule has 0 spiro atoms. The van der Waals surface area contributed by atoms with E-state index in [1.54, 1.807) is 12.1 Å². The molecule has 0 bridgehead atoms. The number of benzene rings is 2. The van der Waals surface area contributed by atoms with E-state index in [0.29, 0.717) is 17.7 Å². The predicted molar refractivity (Wildman–Crippen MR) is 114 cm³/mol. The summed E-state index contributed by atoms with van der Waals surface area (Å²) in [5.41, 5.74) is 4.77. The van der Waals surface area contributed by atoms with Crippen LogP contribution in [0.2, 0.25) is 0 Å². The lowest BCUT2D eigenvalue weighted by molar-refractivity contribution is -0.120. The van der Waals surface area contributed by atoms with E-state index in [9.17, 15) is 14.7 Å². The van der Waals surface area contributed by atoms with Gasteiger partial charge in [0, 0.05) is 17.8 Å². The van der Waals surface area contributed by atoms with E-state index < -0.39 is 5.97 Å². The van der Waals surface area contributed by atoms with Gasteiger partial charge in [-0.2, -0.15) is 0 Å². The van der Waals surface area contributed by atoms with E-state index >= 15 is 0 Å². The summed E-state index contributed by atoms with van der Waals surface area (Å²) in [7, 11) is 0. The van der Waals surface area contributed by atoms with Gasteiger partial charge in [-0.25, -0.2) is 4.79 Å². The van der Waals surface area contributed by atoms with Crippen LogP contribution in [-0.4, -0.2) is 28.0 Å². The molecule has 0 radical (unpaired) electrons. The molecule has 1 amide bonds. The van der Waals surface area contributed by atoms with E-state index in [-0.39, 0.29) is 12.1 Å². The molecule has 0 aromatic heterocycles. The molecule has 5 heteroatoms. The average molecular weight is 392 g/mol. The third-order valence-electron chi connectivity index (χ3n) is 5.59. The summed E-state index contributed by atoms with van der Waals surface area (Å²) in [6.07, 6.45) is 3.05. The van der Waals surface area contributed by atoms with E-state index in [2.05, 4.69) is 17.1 Å². The lowest BCUT2D eigenvalue weighted by Crippen LogP contribution is -2.51. The molecule has 3 rings (SSSR count). The number of carbonyl (C=O) groups excluding carboxylic acids is 1. The fraction of sp³-hybridized carbons (Fsp3) is 0.333. The smallest absolute Gasteiger partial charge is 0.336 e. The number of allylic oxidation sites excluding steroid dienone is 1. The molecule has 1 heterocycles. The van der Waals surface area contributed by atoms with Gasteiger partial charge in [0.1, 0.15) is 6.17 Å². The largest absolute Gasteiger partial charge is 0.478 e. The van der Waals surface area contributed by atoms with Gasteiger partial charge in [0.25, 0.3) is 0 Å². The van der Waals surface area contributed by atoms with Crippen LogP contribution in [0.25, 0.3) is 11.1 Å². The standard InChI is InChI=1S/C24H28N2O3/c1-4-5-10-22-25-23(27)16(2)17(3)26(22)15-18-11-13-19(14-12-18)20-8-6-7-9-21(20)24(28)29/h6-9,11-14,22H,4-5,10,15H2,1-3H3,(H,25,27)(H,28,29). The number of aromatic carboxylic acids is 1. The number of nitrogens with one attached hydrogen (secondary N) is 1. The number of hydrogen-bond acceptors (Lipinski definition) is 3. The zero-order chi connectivity index (χ0) is 21.0. The lowest BCUT2D eigenvalue weighted by atomic mass is 9.98. The number of rotatable bonds is 7. The molecule has 5 nitrogen and oxygen atoms in total. The van der Waals surface area contributed by atoms with Crippen molar-refractivity contribution >= 4 is 11.9 Å². The average Bonchev–Trinajstić information content (AvgIpc) is 2.73. The summed E-state index contributed by atoms with van der Waals surface area (Å²) >= 11 is 0. The number of amides is 1. The summed E-state index contributed by atoms with van der Waals surface area (Å²) in [6, 6.07) is 15.0. The van der Waals surface area contributed by atoms with Gasteiger partial charge in [0.15, 0.2) is 0 Å². The molecule has 0 saturated heterocycles. The molecular formula is C24H28N2O3. The van der Waals surface area contributed by atoms with Crippen molar-refractivity contribution in [2.45, 2.75) is 52.7 Å². The Morgan fingerprint density at radius 3 is 2.45 bits per heavy atom. The van der Waals surface area contributed by atoms with Crippen LogP contribution in [0, 0.1) is 0 Å². The molecule has 1 aliphatic rings. The summed E-state index contributed by atoms with van der Waals surface area (Å²) in [5, 5.41) is 12.5. The second-order valence-electron chi connectivity index (χ2n) is 7.52. The maximum Gasteiger partial charge on any atom is 0.336 e. The number of carboxylic acids is 1. The molecule has 2 aromatic carbocycles. The summed E-state index contributed by atoms with van der Waals surface area (Å²) in [6.45, 7) is 6.71. The molecule has 2 aromatic rings. The van der Waals surface area contributed by atoms with Crippen LogP contribution in [0.4, 0.5) is 0 Å². The van der Waals surface area contributed by atoms with Crippen LogP contribution in [0.15, 0.2) is 59.8 Å². The van der Waals surface area contributed by atoms with Gasteiger partial charge in [-0.05, 0) is 49.4 Å². The molecule has 0 fully saturated rings. The number of carboxylic acid groups (broad SMARTS) is 1. The fourth-order valence-corrected chi connectivity index (χ4v) is 3.71. The molecule has 2 N–H and O–H groups in total. The van der Waals surface area contributed by atoms with E-state index in [4.69, 9.17) is 0 Å². The van der Waals surface area contributed by atoms with Gasteiger partial charge in [0.2, 0.25) is 5.91 Å². The highest BCUT2D eigenvalue weighted by atomic mass is 16.4. The van der Waals surface area contributed by atoms with Crippen LogP contribution in [0.1, 0.15) is 56.0 Å². The Bertz CT molecular complexity index is 931. The van der Waals surface area contributed by atoms with E-state index in [0.717, 1.165) is 41.7 Å². The van der Waals surface area contributed by atoms with Crippen molar-refractivity contribution in [2.24, 2.45) is 0 Å². The monoisotopic (exact) mass is 392 g/mol. The first-order valence-electron chi connectivity index (χ1n) is 10.1. The first kappa shape index (κ1) is 20.6. The van der Waals surface area contributed by atoms with Crippen LogP contribution in [0.5, 0.6) is 0 Å². The van der Waals surface area contributed by atoms with Crippen molar-refractivity contribution in [3.8, 4) is 11.1 Å². The molecule has 152 valence electrons. The third kappa shape index (κ3) is 4.50. The lowest BCUT2D eigenvalue weighted by Gasteiger charge is -2.39. The summed E-state index contributed by atoms with van der Waals surface area (Å²) < 4.78 is 0. The molecule has 1 aliphatic heterocycles. The van der Waals surface area contributed by atoms with Crippen LogP contribution in [0.3, 0.4) is 0 Å². The van der Waals surface area contributed by atoms with Gasteiger partial charge in [0.05, 0.1) is 5.56 Å². The van der Waals surface area contributed by atoms with Crippen LogP contribution < -0.4 is 5.32 Å². The van der Waals surface area contributed by atoms with Crippen LogP contribution >= 0.6 is 0 Å². The number of unbranched alkanes of at least 4 members (excludes halogenated alkanes) is 1. The molecule has 0 saturated carbocycles. The third-order valence-corrected chi connectivity index (χ3v) is 5.59. The van der Waals surface area contributed by atoms with E-state index in [1.165, 1.54) is 0 Å². The minimum Gasteiger partial charge on any atom is -0.478 e. The number of carbonyl (C=O) groups is 2. The Kier molecular flexibility index (Phi) is 6.37. The van der Waals surface area contributed by atoms with Gasteiger partial charge < -0.3 is 15.3 Å². The van der Waals surface area contributed by atoms with Crippen molar-refractivity contribution in [1.82, 2.24) is 10.2 Å². The first-order valence-corrected chi connectivity index (χ1v) is 10.1. The second kappa shape index (κ2) is 8.95. The van der Waals surface area contributed by atoms with Gasteiger partial charge in [-0.1, -0.05) is 55.8 Å². The SMILES string of the molecule is CCCCC1NC(=O)C(C)=C(C)N1Cc1ccc(-c2ccccc2C(=O)O)cc1. The maximum atomic E-state index is 12.2. The zero-order valence-corrected chi connectivity index (χ0v) is 17.2. The van der Waals surface area contributed by atoms with Crippen molar-refractivity contribution in [3.05, 3.63) is 70.9 Å². The second-order valence-corrected chi connectivity index (χ2v) is 7.52. The minimum atomic E-state index is -0.927. The first-order chi connectivity index (χ1) is 13.9. The Morgan fingerprint density at radius 1 is 1.10 bits per heavy atom. The highest BCUT2D eigenvalue weighted by Crippen LogP contribution is 2.27. The Labute approximate surface area is 172 Å². The fourth-order valence-electron chi connectivity index (χ4n) is 3.71. The van der Waals surface area contributed by atoms with Crippen molar-refractivity contribution in [3.63, 3.8) is 0 Å². The maximum absolute atomic E-state index is 12.2. The zero-order valence-electron chi connectivity index (χ0n) is 17.2.